The van der Waals surface area contributed by atoms with Gasteiger partial charge in [-0.05, 0) is 64.5 Å². The number of nitrogens with zero attached hydrogens (tertiary/aromatic N) is 1. The van der Waals surface area contributed by atoms with Crippen molar-refractivity contribution in [3.8, 4) is 0 Å². The standard InChI is InChI=1S/C12H21NO.ClH/c1-13(2)11-4-9-3-10(5-11)7-12(14,6-9)8-11;/h9-10,14H,3-8H2,1-2H3;1H. The molecule has 0 aromatic carbocycles. The quantitative estimate of drug-likeness (QED) is 0.747. The molecule has 4 aliphatic rings. The average Bonchev–Trinajstić information content (AvgIpc) is 1.98. The highest BCUT2D eigenvalue weighted by Crippen LogP contribution is 2.58. The van der Waals surface area contributed by atoms with Crippen LogP contribution in [0.1, 0.15) is 38.5 Å². The Morgan fingerprint density at radius 2 is 1.60 bits per heavy atom. The zero-order chi connectivity index (χ0) is 9.97. The lowest BCUT2D eigenvalue weighted by Crippen LogP contribution is -2.63. The van der Waals surface area contributed by atoms with Gasteiger partial charge in [-0.3, -0.25) is 0 Å². The summed E-state index contributed by atoms with van der Waals surface area (Å²) in [5.74, 6) is 1.62. The summed E-state index contributed by atoms with van der Waals surface area (Å²) in [4.78, 5) is 2.38. The van der Waals surface area contributed by atoms with E-state index in [1.54, 1.807) is 0 Å². The van der Waals surface area contributed by atoms with Gasteiger partial charge in [-0.25, -0.2) is 0 Å². The van der Waals surface area contributed by atoms with E-state index in [0.29, 0.717) is 5.54 Å². The molecule has 0 aromatic rings. The molecular weight excluding hydrogens is 210 g/mol. The Morgan fingerprint density at radius 1 is 1.07 bits per heavy atom. The van der Waals surface area contributed by atoms with Gasteiger partial charge in [-0.15, -0.1) is 12.4 Å². The molecule has 3 heteroatoms. The molecule has 2 nitrogen and oxygen atoms in total. The lowest BCUT2D eigenvalue weighted by molar-refractivity contribution is -0.167. The Labute approximate surface area is 98.4 Å². The zero-order valence-electron chi connectivity index (χ0n) is 9.70. The molecule has 1 N–H and O–H groups in total. The summed E-state index contributed by atoms with van der Waals surface area (Å²) in [6.45, 7) is 0. The van der Waals surface area contributed by atoms with Crippen LogP contribution in [0.25, 0.3) is 0 Å². The molecule has 0 aliphatic heterocycles. The number of rotatable bonds is 1. The van der Waals surface area contributed by atoms with Crippen LogP contribution in [0.15, 0.2) is 0 Å². The SMILES string of the molecule is CN(C)C12CC3CC(CC(O)(C3)C1)C2.Cl. The highest BCUT2D eigenvalue weighted by atomic mass is 35.5. The summed E-state index contributed by atoms with van der Waals surface area (Å²) in [5.41, 5.74) is 0.0488. The third-order valence-electron chi connectivity index (χ3n) is 4.95. The van der Waals surface area contributed by atoms with Gasteiger partial charge in [0.1, 0.15) is 0 Å². The summed E-state index contributed by atoms with van der Waals surface area (Å²) in [5, 5.41) is 10.5. The van der Waals surface area contributed by atoms with Crippen molar-refractivity contribution in [1.82, 2.24) is 4.90 Å². The minimum Gasteiger partial charge on any atom is -0.390 e. The van der Waals surface area contributed by atoms with E-state index in [9.17, 15) is 5.11 Å². The van der Waals surface area contributed by atoms with Crippen molar-refractivity contribution >= 4 is 12.4 Å². The minimum atomic E-state index is -0.297. The summed E-state index contributed by atoms with van der Waals surface area (Å²) in [7, 11) is 4.38. The second kappa shape index (κ2) is 3.35. The number of aliphatic hydroxyl groups is 1. The van der Waals surface area contributed by atoms with Crippen LogP contribution in [0.4, 0.5) is 0 Å². The smallest absolute Gasteiger partial charge is 0.0670 e. The van der Waals surface area contributed by atoms with E-state index in [-0.39, 0.29) is 18.0 Å². The van der Waals surface area contributed by atoms with E-state index in [0.717, 1.165) is 31.1 Å². The Hall–Kier alpha value is 0.210. The molecule has 0 radical (unpaired) electrons. The summed E-state index contributed by atoms with van der Waals surface area (Å²) < 4.78 is 0. The Balaban J connectivity index is 0.000000853. The van der Waals surface area contributed by atoms with Crippen LogP contribution < -0.4 is 0 Å². The second-order valence-electron chi connectivity index (χ2n) is 6.30. The summed E-state index contributed by atoms with van der Waals surface area (Å²) >= 11 is 0. The normalized spacial score (nSPS) is 52.0. The molecule has 4 saturated carbocycles. The van der Waals surface area contributed by atoms with Gasteiger partial charge >= 0.3 is 0 Å². The van der Waals surface area contributed by atoms with Crippen molar-refractivity contribution in [1.29, 1.82) is 0 Å². The molecule has 4 rings (SSSR count). The fourth-order valence-corrected chi connectivity index (χ4v) is 4.69. The van der Waals surface area contributed by atoms with Crippen molar-refractivity contribution in [3.63, 3.8) is 0 Å². The first kappa shape index (κ1) is 11.7. The van der Waals surface area contributed by atoms with Gasteiger partial charge in [0.05, 0.1) is 5.60 Å². The van der Waals surface area contributed by atoms with Crippen LogP contribution in [0, 0.1) is 11.8 Å². The molecule has 0 heterocycles. The second-order valence-corrected chi connectivity index (χ2v) is 6.30. The van der Waals surface area contributed by atoms with E-state index >= 15 is 0 Å². The van der Waals surface area contributed by atoms with Gasteiger partial charge in [-0.1, -0.05) is 0 Å². The minimum absolute atomic E-state index is 0. The van der Waals surface area contributed by atoms with E-state index in [1.807, 2.05) is 0 Å². The molecule has 4 aliphatic carbocycles. The van der Waals surface area contributed by atoms with Crippen LogP contribution in [0.5, 0.6) is 0 Å². The maximum atomic E-state index is 10.5. The maximum Gasteiger partial charge on any atom is 0.0670 e. The maximum absolute atomic E-state index is 10.5. The van der Waals surface area contributed by atoms with Crippen LogP contribution in [0.3, 0.4) is 0 Å². The van der Waals surface area contributed by atoms with Crippen molar-refractivity contribution in [3.05, 3.63) is 0 Å². The van der Waals surface area contributed by atoms with E-state index in [4.69, 9.17) is 0 Å². The van der Waals surface area contributed by atoms with Gasteiger partial charge < -0.3 is 10.0 Å². The van der Waals surface area contributed by atoms with Crippen LogP contribution in [-0.4, -0.2) is 35.2 Å². The van der Waals surface area contributed by atoms with Crippen LogP contribution in [-0.2, 0) is 0 Å². The molecular formula is C12H22ClNO. The molecule has 15 heavy (non-hydrogen) atoms. The molecule has 2 unspecified atom stereocenters. The van der Waals surface area contributed by atoms with Crippen molar-refractivity contribution < 1.29 is 5.11 Å². The fraction of sp³-hybridized carbons (Fsp3) is 1.00. The van der Waals surface area contributed by atoms with E-state index in [1.165, 1.54) is 19.3 Å². The topological polar surface area (TPSA) is 23.5 Å². The van der Waals surface area contributed by atoms with Gasteiger partial charge in [0.15, 0.2) is 0 Å². The molecule has 0 amide bonds. The summed E-state index contributed by atoms with van der Waals surface area (Å²) in [6.07, 6.45) is 7.24. The lowest BCUT2D eigenvalue weighted by Gasteiger charge is -2.62. The van der Waals surface area contributed by atoms with E-state index in [2.05, 4.69) is 19.0 Å². The third-order valence-corrected chi connectivity index (χ3v) is 4.95. The molecule has 4 bridgehead atoms. The zero-order valence-corrected chi connectivity index (χ0v) is 10.5. The predicted octanol–water partition coefficient (Wildman–Crippen LogP) is 2.05. The summed E-state index contributed by atoms with van der Waals surface area (Å²) in [6, 6.07) is 0. The Kier molecular flexibility index (Phi) is 2.61. The lowest BCUT2D eigenvalue weighted by atomic mass is 9.51. The van der Waals surface area contributed by atoms with E-state index < -0.39 is 0 Å². The monoisotopic (exact) mass is 231 g/mol. The third kappa shape index (κ3) is 1.62. The van der Waals surface area contributed by atoms with Crippen LogP contribution in [0.2, 0.25) is 0 Å². The van der Waals surface area contributed by atoms with Crippen molar-refractivity contribution in [2.45, 2.75) is 49.7 Å². The van der Waals surface area contributed by atoms with Crippen LogP contribution >= 0.6 is 12.4 Å². The molecule has 2 atom stereocenters. The number of hydrogen-bond acceptors (Lipinski definition) is 2. The molecule has 88 valence electrons. The number of hydrogen-bond donors (Lipinski definition) is 1. The first-order chi connectivity index (χ1) is 6.51. The van der Waals surface area contributed by atoms with Gasteiger partial charge in [0.2, 0.25) is 0 Å². The van der Waals surface area contributed by atoms with Gasteiger partial charge in [0, 0.05) is 5.54 Å². The highest BCUT2D eigenvalue weighted by Gasteiger charge is 2.57. The number of halogens is 1. The van der Waals surface area contributed by atoms with Crippen molar-refractivity contribution in [2.24, 2.45) is 11.8 Å². The molecule has 0 saturated heterocycles. The first-order valence-corrected chi connectivity index (χ1v) is 5.91. The first-order valence-electron chi connectivity index (χ1n) is 5.91. The van der Waals surface area contributed by atoms with Gasteiger partial charge in [0.25, 0.3) is 0 Å². The van der Waals surface area contributed by atoms with Crippen molar-refractivity contribution in [2.75, 3.05) is 14.1 Å². The predicted molar refractivity (Wildman–Crippen MR) is 63.3 cm³/mol. The largest absolute Gasteiger partial charge is 0.390 e. The molecule has 0 spiro atoms. The van der Waals surface area contributed by atoms with Gasteiger partial charge in [-0.2, -0.15) is 0 Å². The Morgan fingerprint density at radius 3 is 2.00 bits per heavy atom. The fourth-order valence-electron chi connectivity index (χ4n) is 4.69. The molecule has 0 aromatic heterocycles. The average molecular weight is 232 g/mol. The molecule has 4 fully saturated rings. The highest BCUT2D eigenvalue weighted by molar-refractivity contribution is 5.85. The Bertz CT molecular complexity index is 252.